The molecule has 26 heavy (non-hydrogen) atoms. The van der Waals surface area contributed by atoms with Crippen molar-refractivity contribution in [3.05, 3.63) is 64.7 Å². The third kappa shape index (κ3) is 5.09. The lowest BCUT2D eigenvalue weighted by Crippen LogP contribution is -2.31. The second-order valence-corrected chi connectivity index (χ2v) is 6.16. The van der Waals surface area contributed by atoms with Gasteiger partial charge in [-0.15, -0.1) is 0 Å². The maximum Gasteiger partial charge on any atom is 0.342 e. The quantitative estimate of drug-likeness (QED) is 0.771. The van der Waals surface area contributed by atoms with Gasteiger partial charge in [-0.3, -0.25) is 4.79 Å². The van der Waals surface area contributed by atoms with Crippen molar-refractivity contribution in [2.24, 2.45) is 0 Å². The van der Waals surface area contributed by atoms with Crippen molar-refractivity contribution < 1.29 is 19.1 Å². The first kappa shape index (κ1) is 19.5. The normalized spacial score (nSPS) is 11.5. The van der Waals surface area contributed by atoms with Gasteiger partial charge in [0.15, 0.2) is 6.61 Å². The number of ether oxygens (including phenoxy) is 2. The molecule has 1 atom stereocenters. The summed E-state index contributed by atoms with van der Waals surface area (Å²) >= 11 is 0. The van der Waals surface area contributed by atoms with Gasteiger partial charge < -0.3 is 14.8 Å². The number of aryl methyl sites for hydroxylation is 2. The number of hydrogen-bond acceptors (Lipinski definition) is 4. The molecule has 138 valence electrons. The van der Waals surface area contributed by atoms with E-state index < -0.39 is 5.97 Å². The average molecular weight is 355 g/mol. The minimum absolute atomic E-state index is 0.166. The Morgan fingerprint density at radius 3 is 2.42 bits per heavy atom. The SMILES string of the molecule is CCc1ccc([C@H](C)NC(=O)COC(=O)c2cc(C)ccc2OC)cc1. The minimum Gasteiger partial charge on any atom is -0.496 e. The molecular weight excluding hydrogens is 330 g/mol. The number of hydrogen-bond donors (Lipinski definition) is 1. The summed E-state index contributed by atoms with van der Waals surface area (Å²) in [7, 11) is 1.49. The molecule has 0 aliphatic heterocycles. The highest BCUT2D eigenvalue weighted by Crippen LogP contribution is 2.20. The van der Waals surface area contributed by atoms with Crippen LogP contribution in [-0.2, 0) is 16.0 Å². The summed E-state index contributed by atoms with van der Waals surface area (Å²) in [5, 5.41) is 2.83. The van der Waals surface area contributed by atoms with Gasteiger partial charge in [-0.1, -0.05) is 42.8 Å². The fraction of sp³-hybridized carbons (Fsp3) is 0.333. The first-order valence-corrected chi connectivity index (χ1v) is 8.64. The molecule has 0 bridgehead atoms. The fourth-order valence-electron chi connectivity index (χ4n) is 2.60. The van der Waals surface area contributed by atoms with Crippen molar-refractivity contribution in [3.8, 4) is 5.75 Å². The van der Waals surface area contributed by atoms with Crippen LogP contribution >= 0.6 is 0 Å². The van der Waals surface area contributed by atoms with Crippen LogP contribution in [0.25, 0.3) is 0 Å². The smallest absolute Gasteiger partial charge is 0.342 e. The van der Waals surface area contributed by atoms with Gasteiger partial charge in [0.25, 0.3) is 5.91 Å². The Balaban J connectivity index is 1.91. The number of carbonyl (C=O) groups excluding carboxylic acids is 2. The Labute approximate surface area is 154 Å². The Kier molecular flexibility index (Phi) is 6.78. The molecule has 2 rings (SSSR count). The topological polar surface area (TPSA) is 64.6 Å². The second kappa shape index (κ2) is 9.04. The van der Waals surface area contributed by atoms with E-state index in [1.54, 1.807) is 12.1 Å². The van der Waals surface area contributed by atoms with Crippen molar-refractivity contribution in [1.82, 2.24) is 5.32 Å². The largest absolute Gasteiger partial charge is 0.496 e. The van der Waals surface area contributed by atoms with Gasteiger partial charge in [0.05, 0.1) is 13.2 Å². The van der Waals surface area contributed by atoms with Gasteiger partial charge >= 0.3 is 5.97 Å². The van der Waals surface area contributed by atoms with E-state index in [2.05, 4.69) is 12.2 Å². The molecule has 0 saturated heterocycles. The zero-order chi connectivity index (χ0) is 19.1. The van der Waals surface area contributed by atoms with Gasteiger partial charge in [-0.25, -0.2) is 4.79 Å². The average Bonchev–Trinajstić information content (AvgIpc) is 2.66. The Morgan fingerprint density at radius 1 is 1.12 bits per heavy atom. The van der Waals surface area contributed by atoms with Crippen LogP contribution in [0.3, 0.4) is 0 Å². The molecule has 0 aromatic heterocycles. The number of amides is 1. The van der Waals surface area contributed by atoms with Gasteiger partial charge in [-0.05, 0) is 43.5 Å². The molecular formula is C21H25NO4. The zero-order valence-corrected chi connectivity index (χ0v) is 15.7. The molecule has 0 aliphatic carbocycles. The lowest BCUT2D eigenvalue weighted by atomic mass is 10.1. The van der Waals surface area contributed by atoms with E-state index in [0.717, 1.165) is 17.5 Å². The Bertz CT molecular complexity index is 768. The maximum absolute atomic E-state index is 12.2. The Morgan fingerprint density at radius 2 is 1.81 bits per heavy atom. The first-order chi connectivity index (χ1) is 12.4. The van der Waals surface area contributed by atoms with Crippen molar-refractivity contribution in [2.45, 2.75) is 33.2 Å². The first-order valence-electron chi connectivity index (χ1n) is 8.64. The lowest BCUT2D eigenvalue weighted by molar-refractivity contribution is -0.124. The molecule has 0 heterocycles. The van der Waals surface area contributed by atoms with E-state index in [1.165, 1.54) is 12.7 Å². The predicted molar refractivity (Wildman–Crippen MR) is 100 cm³/mol. The van der Waals surface area contributed by atoms with Crippen LogP contribution in [0.4, 0.5) is 0 Å². The predicted octanol–water partition coefficient (Wildman–Crippen LogP) is 3.60. The van der Waals surface area contributed by atoms with E-state index in [-0.39, 0.29) is 18.6 Å². The van der Waals surface area contributed by atoms with Gasteiger partial charge in [0.2, 0.25) is 0 Å². The van der Waals surface area contributed by atoms with E-state index in [1.807, 2.05) is 44.2 Å². The highest BCUT2D eigenvalue weighted by atomic mass is 16.5. The van der Waals surface area contributed by atoms with Crippen LogP contribution in [0.1, 0.15) is 46.9 Å². The molecule has 1 amide bonds. The van der Waals surface area contributed by atoms with Crippen LogP contribution in [0.2, 0.25) is 0 Å². The monoisotopic (exact) mass is 355 g/mol. The molecule has 0 spiro atoms. The minimum atomic E-state index is -0.583. The Hall–Kier alpha value is -2.82. The zero-order valence-electron chi connectivity index (χ0n) is 15.7. The number of methoxy groups -OCH3 is 1. The summed E-state index contributed by atoms with van der Waals surface area (Å²) in [4.78, 5) is 24.3. The van der Waals surface area contributed by atoms with Crippen molar-refractivity contribution >= 4 is 11.9 Å². The van der Waals surface area contributed by atoms with E-state index in [0.29, 0.717) is 11.3 Å². The number of esters is 1. The third-order valence-corrected chi connectivity index (χ3v) is 4.17. The number of nitrogens with one attached hydrogen (secondary N) is 1. The molecule has 2 aromatic rings. The molecule has 2 aromatic carbocycles. The standard InChI is InChI=1S/C21H25NO4/c1-5-16-7-9-17(10-8-16)15(3)22-20(23)13-26-21(24)18-12-14(2)6-11-19(18)25-4/h6-12,15H,5,13H2,1-4H3,(H,22,23)/t15-/m0/s1. The summed E-state index contributed by atoms with van der Waals surface area (Å²) in [6, 6.07) is 13.1. The van der Waals surface area contributed by atoms with Gasteiger partial charge in [0, 0.05) is 0 Å². The molecule has 0 unspecified atom stereocenters. The molecule has 0 aliphatic rings. The van der Waals surface area contributed by atoms with Crippen molar-refractivity contribution in [1.29, 1.82) is 0 Å². The van der Waals surface area contributed by atoms with Crippen molar-refractivity contribution in [3.63, 3.8) is 0 Å². The van der Waals surface area contributed by atoms with Crippen LogP contribution in [0.5, 0.6) is 5.75 Å². The summed E-state index contributed by atoms with van der Waals surface area (Å²) < 4.78 is 10.3. The number of benzene rings is 2. The number of carbonyl (C=O) groups is 2. The van der Waals surface area contributed by atoms with E-state index >= 15 is 0 Å². The molecule has 0 radical (unpaired) electrons. The van der Waals surface area contributed by atoms with Crippen molar-refractivity contribution in [2.75, 3.05) is 13.7 Å². The van der Waals surface area contributed by atoms with Crippen LogP contribution in [0, 0.1) is 6.92 Å². The summed E-state index contributed by atoms with van der Waals surface area (Å²) in [6.45, 7) is 5.52. The van der Waals surface area contributed by atoms with E-state index in [9.17, 15) is 9.59 Å². The third-order valence-electron chi connectivity index (χ3n) is 4.17. The molecule has 5 heteroatoms. The lowest BCUT2D eigenvalue weighted by Gasteiger charge is -2.15. The summed E-state index contributed by atoms with van der Waals surface area (Å²) in [5.41, 5.74) is 3.46. The summed E-state index contributed by atoms with van der Waals surface area (Å²) in [5.74, 6) is -0.511. The summed E-state index contributed by atoms with van der Waals surface area (Å²) in [6.07, 6.45) is 0.972. The fourth-order valence-corrected chi connectivity index (χ4v) is 2.60. The molecule has 1 N–H and O–H groups in total. The van der Waals surface area contributed by atoms with Crippen LogP contribution in [0.15, 0.2) is 42.5 Å². The highest BCUT2D eigenvalue weighted by molar-refractivity contribution is 5.94. The number of rotatable bonds is 7. The van der Waals surface area contributed by atoms with E-state index in [4.69, 9.17) is 9.47 Å². The highest BCUT2D eigenvalue weighted by Gasteiger charge is 2.16. The van der Waals surface area contributed by atoms with Crippen LogP contribution < -0.4 is 10.1 Å². The molecule has 0 fully saturated rings. The maximum atomic E-state index is 12.2. The van der Waals surface area contributed by atoms with Crippen LogP contribution in [-0.4, -0.2) is 25.6 Å². The molecule has 5 nitrogen and oxygen atoms in total. The van der Waals surface area contributed by atoms with Gasteiger partial charge in [0.1, 0.15) is 11.3 Å². The second-order valence-electron chi connectivity index (χ2n) is 6.16. The van der Waals surface area contributed by atoms with Gasteiger partial charge in [-0.2, -0.15) is 0 Å². The molecule has 0 saturated carbocycles.